The zero-order valence-corrected chi connectivity index (χ0v) is 10.4. The Bertz CT molecular complexity index is 501. The second-order valence-electron chi connectivity index (χ2n) is 4.64. The standard InChI is InChI=1S/C14H16N2O2/c1-10-9-12(5-6-13(10)14(17)18)16(8-2-7-15)11-3-4-11/h5-6,9,11H,2-4,8H2,1H3,(H,17,18). The smallest absolute Gasteiger partial charge is 0.335 e. The minimum Gasteiger partial charge on any atom is -0.478 e. The fourth-order valence-corrected chi connectivity index (χ4v) is 2.15. The summed E-state index contributed by atoms with van der Waals surface area (Å²) in [6, 6.07) is 8.07. The SMILES string of the molecule is Cc1cc(N(CCC#N)C2CC2)ccc1C(=O)O. The molecule has 18 heavy (non-hydrogen) atoms. The van der Waals surface area contributed by atoms with Crippen molar-refractivity contribution < 1.29 is 9.90 Å². The van der Waals surface area contributed by atoms with E-state index in [0.29, 0.717) is 24.6 Å². The van der Waals surface area contributed by atoms with E-state index in [9.17, 15) is 4.79 Å². The van der Waals surface area contributed by atoms with Crippen molar-refractivity contribution in [1.29, 1.82) is 5.26 Å². The van der Waals surface area contributed by atoms with Gasteiger partial charge in [0.1, 0.15) is 0 Å². The minimum atomic E-state index is -0.894. The number of aryl methyl sites for hydroxylation is 1. The first-order chi connectivity index (χ1) is 8.63. The molecular weight excluding hydrogens is 228 g/mol. The summed E-state index contributed by atoms with van der Waals surface area (Å²) >= 11 is 0. The van der Waals surface area contributed by atoms with E-state index < -0.39 is 5.97 Å². The number of carboxylic acid groups (broad SMARTS) is 1. The Balaban J connectivity index is 2.23. The fourth-order valence-electron chi connectivity index (χ4n) is 2.15. The van der Waals surface area contributed by atoms with Crippen molar-refractivity contribution in [1.82, 2.24) is 0 Å². The van der Waals surface area contributed by atoms with Crippen LogP contribution in [0.3, 0.4) is 0 Å². The predicted molar refractivity (Wildman–Crippen MR) is 68.7 cm³/mol. The average Bonchev–Trinajstić information content (AvgIpc) is 3.13. The molecule has 0 radical (unpaired) electrons. The zero-order valence-electron chi connectivity index (χ0n) is 10.4. The number of carbonyl (C=O) groups is 1. The highest BCUT2D eigenvalue weighted by atomic mass is 16.4. The average molecular weight is 244 g/mol. The van der Waals surface area contributed by atoms with Crippen LogP contribution >= 0.6 is 0 Å². The summed E-state index contributed by atoms with van der Waals surface area (Å²) in [6.45, 7) is 2.52. The molecule has 1 aromatic rings. The molecule has 1 saturated carbocycles. The fraction of sp³-hybridized carbons (Fsp3) is 0.429. The lowest BCUT2D eigenvalue weighted by Crippen LogP contribution is -2.26. The van der Waals surface area contributed by atoms with Crippen LogP contribution in [0.1, 0.15) is 35.2 Å². The highest BCUT2D eigenvalue weighted by Crippen LogP contribution is 2.32. The van der Waals surface area contributed by atoms with Crippen molar-refractivity contribution >= 4 is 11.7 Å². The molecule has 0 aliphatic heterocycles. The number of aromatic carboxylic acids is 1. The molecular formula is C14H16N2O2. The Labute approximate surface area is 106 Å². The van der Waals surface area contributed by atoms with Crippen LogP contribution in [-0.2, 0) is 0 Å². The van der Waals surface area contributed by atoms with E-state index in [4.69, 9.17) is 10.4 Å². The Morgan fingerprint density at radius 2 is 2.28 bits per heavy atom. The normalized spacial score (nSPS) is 14.0. The topological polar surface area (TPSA) is 64.3 Å². The molecule has 0 heterocycles. The van der Waals surface area contributed by atoms with E-state index in [1.54, 1.807) is 6.07 Å². The number of nitriles is 1. The molecule has 1 N–H and O–H groups in total. The summed E-state index contributed by atoms with van der Waals surface area (Å²) in [7, 11) is 0. The van der Waals surface area contributed by atoms with Gasteiger partial charge in [-0.1, -0.05) is 0 Å². The Morgan fingerprint density at radius 3 is 2.78 bits per heavy atom. The molecule has 4 nitrogen and oxygen atoms in total. The van der Waals surface area contributed by atoms with Crippen LogP contribution < -0.4 is 4.90 Å². The number of benzene rings is 1. The van der Waals surface area contributed by atoms with Gasteiger partial charge in [0.15, 0.2) is 0 Å². The minimum absolute atomic E-state index is 0.342. The maximum atomic E-state index is 11.0. The van der Waals surface area contributed by atoms with Gasteiger partial charge in [-0.3, -0.25) is 0 Å². The van der Waals surface area contributed by atoms with Gasteiger partial charge >= 0.3 is 5.97 Å². The van der Waals surface area contributed by atoms with E-state index in [-0.39, 0.29) is 0 Å². The number of nitrogens with zero attached hydrogens (tertiary/aromatic N) is 2. The maximum absolute atomic E-state index is 11.0. The first-order valence-corrected chi connectivity index (χ1v) is 6.11. The van der Waals surface area contributed by atoms with Crippen molar-refractivity contribution in [3.63, 3.8) is 0 Å². The van der Waals surface area contributed by atoms with E-state index in [1.165, 1.54) is 0 Å². The van der Waals surface area contributed by atoms with Crippen LogP contribution in [0.2, 0.25) is 0 Å². The molecule has 4 heteroatoms. The Kier molecular flexibility index (Phi) is 3.52. The highest BCUT2D eigenvalue weighted by molar-refractivity contribution is 5.89. The second-order valence-corrected chi connectivity index (χ2v) is 4.64. The van der Waals surface area contributed by atoms with E-state index in [2.05, 4.69) is 11.0 Å². The molecule has 0 unspecified atom stereocenters. The molecule has 2 rings (SSSR count). The summed E-state index contributed by atoms with van der Waals surface area (Å²) in [5, 5.41) is 17.7. The molecule has 0 amide bonds. The summed E-state index contributed by atoms with van der Waals surface area (Å²) in [6.07, 6.45) is 2.81. The van der Waals surface area contributed by atoms with E-state index >= 15 is 0 Å². The molecule has 0 saturated heterocycles. The van der Waals surface area contributed by atoms with Crippen LogP contribution in [0.4, 0.5) is 5.69 Å². The molecule has 94 valence electrons. The van der Waals surface area contributed by atoms with Gasteiger partial charge in [-0.05, 0) is 43.5 Å². The van der Waals surface area contributed by atoms with Crippen LogP contribution in [0.5, 0.6) is 0 Å². The highest BCUT2D eigenvalue weighted by Gasteiger charge is 2.29. The number of anilines is 1. The number of carboxylic acids is 1. The van der Waals surface area contributed by atoms with Gasteiger partial charge in [-0.15, -0.1) is 0 Å². The Hall–Kier alpha value is -2.02. The van der Waals surface area contributed by atoms with Crippen LogP contribution in [-0.4, -0.2) is 23.7 Å². The molecule has 0 atom stereocenters. The van der Waals surface area contributed by atoms with E-state index in [1.807, 2.05) is 19.1 Å². The summed E-state index contributed by atoms with van der Waals surface area (Å²) in [5.41, 5.74) is 2.13. The van der Waals surface area contributed by atoms with Gasteiger partial charge in [-0.2, -0.15) is 5.26 Å². The third kappa shape index (κ3) is 2.62. The lowest BCUT2D eigenvalue weighted by Gasteiger charge is -2.24. The van der Waals surface area contributed by atoms with Gasteiger partial charge in [0.25, 0.3) is 0 Å². The zero-order chi connectivity index (χ0) is 13.1. The van der Waals surface area contributed by atoms with Crippen LogP contribution in [0, 0.1) is 18.3 Å². The van der Waals surface area contributed by atoms with Crippen molar-refractivity contribution in [2.45, 2.75) is 32.2 Å². The number of rotatable bonds is 5. The lowest BCUT2D eigenvalue weighted by atomic mass is 10.1. The van der Waals surface area contributed by atoms with Crippen molar-refractivity contribution in [3.8, 4) is 6.07 Å². The largest absolute Gasteiger partial charge is 0.478 e. The second kappa shape index (κ2) is 5.09. The van der Waals surface area contributed by atoms with Gasteiger partial charge < -0.3 is 10.0 Å². The molecule has 1 aliphatic rings. The number of hydrogen-bond donors (Lipinski definition) is 1. The van der Waals surface area contributed by atoms with Gasteiger partial charge in [0.2, 0.25) is 0 Å². The van der Waals surface area contributed by atoms with Crippen LogP contribution in [0.15, 0.2) is 18.2 Å². The van der Waals surface area contributed by atoms with Gasteiger partial charge in [0.05, 0.1) is 18.1 Å². The quantitative estimate of drug-likeness (QED) is 0.864. The first-order valence-electron chi connectivity index (χ1n) is 6.11. The molecule has 0 spiro atoms. The third-order valence-corrected chi connectivity index (χ3v) is 3.22. The summed E-state index contributed by atoms with van der Waals surface area (Å²) in [5.74, 6) is -0.894. The predicted octanol–water partition coefficient (Wildman–Crippen LogP) is 2.58. The molecule has 1 aliphatic carbocycles. The molecule has 0 bridgehead atoms. The monoisotopic (exact) mass is 244 g/mol. The maximum Gasteiger partial charge on any atom is 0.335 e. The van der Waals surface area contributed by atoms with Gasteiger partial charge in [-0.25, -0.2) is 4.79 Å². The first kappa shape index (κ1) is 12.4. The van der Waals surface area contributed by atoms with Crippen LogP contribution in [0.25, 0.3) is 0 Å². The molecule has 1 aromatic carbocycles. The van der Waals surface area contributed by atoms with E-state index in [0.717, 1.165) is 24.1 Å². The number of hydrogen-bond acceptors (Lipinski definition) is 3. The van der Waals surface area contributed by atoms with Crippen molar-refractivity contribution in [3.05, 3.63) is 29.3 Å². The van der Waals surface area contributed by atoms with Crippen molar-refractivity contribution in [2.24, 2.45) is 0 Å². The van der Waals surface area contributed by atoms with Crippen molar-refractivity contribution in [2.75, 3.05) is 11.4 Å². The van der Waals surface area contributed by atoms with Gasteiger partial charge in [0, 0.05) is 18.3 Å². The Morgan fingerprint density at radius 1 is 1.56 bits per heavy atom. The molecule has 0 aromatic heterocycles. The lowest BCUT2D eigenvalue weighted by molar-refractivity contribution is 0.0696. The summed E-state index contributed by atoms with van der Waals surface area (Å²) < 4.78 is 0. The third-order valence-electron chi connectivity index (χ3n) is 3.22. The molecule has 1 fully saturated rings. The summed E-state index contributed by atoms with van der Waals surface area (Å²) in [4.78, 5) is 13.2.